The topological polar surface area (TPSA) is 41.6 Å². The van der Waals surface area contributed by atoms with Crippen molar-refractivity contribution in [2.75, 3.05) is 32.8 Å². The molecule has 3 rings (SSSR count). The van der Waals surface area contributed by atoms with E-state index in [1.807, 2.05) is 4.90 Å². The van der Waals surface area contributed by atoms with Crippen molar-refractivity contribution >= 4 is 28.8 Å². The molecule has 1 saturated heterocycles. The second kappa shape index (κ2) is 7.09. The fourth-order valence-corrected chi connectivity index (χ4v) is 4.44. The van der Waals surface area contributed by atoms with Crippen LogP contribution in [0.1, 0.15) is 35.7 Å². The van der Waals surface area contributed by atoms with Gasteiger partial charge in [0, 0.05) is 37.0 Å². The van der Waals surface area contributed by atoms with E-state index in [1.54, 1.807) is 11.3 Å². The number of fused-ring (bicyclic) bond motifs is 1. The number of aryl methyl sites for hydroxylation is 1. The molecule has 0 bridgehead atoms. The van der Waals surface area contributed by atoms with Gasteiger partial charge in [-0.3, -0.25) is 4.79 Å². The lowest BCUT2D eigenvalue weighted by Crippen LogP contribution is -2.41. The molecule has 1 aliphatic carbocycles. The van der Waals surface area contributed by atoms with Crippen LogP contribution in [0.3, 0.4) is 0 Å². The number of ether oxygens (including phenoxy) is 1. The zero-order valence-corrected chi connectivity index (χ0v) is 13.6. The maximum atomic E-state index is 12.1. The Morgan fingerprint density at radius 2 is 2.29 bits per heavy atom. The van der Waals surface area contributed by atoms with E-state index in [0.717, 1.165) is 36.8 Å². The van der Waals surface area contributed by atoms with Crippen molar-refractivity contribution in [1.82, 2.24) is 10.2 Å². The molecule has 1 fully saturated rings. The summed E-state index contributed by atoms with van der Waals surface area (Å²) < 4.78 is 6.14. The minimum absolute atomic E-state index is 0.227. The van der Waals surface area contributed by atoms with Crippen molar-refractivity contribution in [1.29, 1.82) is 0 Å². The molecular weight excluding hydrogens is 308 g/mol. The molecule has 1 aromatic heterocycles. The van der Waals surface area contributed by atoms with Gasteiger partial charge in [-0.05, 0) is 30.9 Å². The standard InChI is InChI=1S/C15H21ClN2O2S/c16-14-10-11-12(2-1-3-13(11)21-14)17-5-4-15(19)18-6-8-20-9-7-18/h10,12,17H,1-9H2. The van der Waals surface area contributed by atoms with Gasteiger partial charge in [-0.2, -0.15) is 0 Å². The predicted molar refractivity (Wildman–Crippen MR) is 85.0 cm³/mol. The first-order valence-electron chi connectivity index (χ1n) is 7.61. The van der Waals surface area contributed by atoms with Crippen LogP contribution in [0.25, 0.3) is 0 Å². The van der Waals surface area contributed by atoms with Crippen molar-refractivity contribution in [3.05, 3.63) is 20.8 Å². The first-order valence-corrected chi connectivity index (χ1v) is 8.80. The molecule has 0 spiro atoms. The lowest BCUT2D eigenvalue weighted by molar-refractivity contribution is -0.135. The smallest absolute Gasteiger partial charge is 0.224 e. The van der Waals surface area contributed by atoms with Crippen LogP contribution in [0.4, 0.5) is 0 Å². The highest BCUT2D eigenvalue weighted by Gasteiger charge is 2.23. The number of thiophene rings is 1. The van der Waals surface area contributed by atoms with Gasteiger partial charge in [-0.1, -0.05) is 11.6 Å². The Morgan fingerprint density at radius 3 is 3.10 bits per heavy atom. The number of rotatable bonds is 4. The predicted octanol–water partition coefficient (Wildman–Crippen LogP) is 2.62. The van der Waals surface area contributed by atoms with E-state index >= 15 is 0 Å². The summed E-state index contributed by atoms with van der Waals surface area (Å²) in [5, 5.41) is 3.53. The third kappa shape index (κ3) is 3.77. The Labute approximate surface area is 134 Å². The van der Waals surface area contributed by atoms with E-state index in [1.165, 1.54) is 16.9 Å². The highest BCUT2D eigenvalue weighted by Crippen LogP contribution is 2.37. The van der Waals surface area contributed by atoms with Gasteiger partial charge in [-0.15, -0.1) is 11.3 Å². The second-order valence-electron chi connectivity index (χ2n) is 5.57. The van der Waals surface area contributed by atoms with Crippen LogP contribution in [-0.4, -0.2) is 43.7 Å². The SMILES string of the molecule is O=C(CCNC1CCCc2sc(Cl)cc21)N1CCOCC1. The number of hydrogen-bond donors (Lipinski definition) is 1. The van der Waals surface area contributed by atoms with Crippen LogP contribution < -0.4 is 5.32 Å². The molecule has 1 amide bonds. The molecule has 1 aliphatic heterocycles. The molecule has 6 heteroatoms. The van der Waals surface area contributed by atoms with Crippen LogP contribution in [0.15, 0.2) is 6.07 Å². The van der Waals surface area contributed by atoms with E-state index in [0.29, 0.717) is 25.7 Å². The second-order valence-corrected chi connectivity index (χ2v) is 7.34. The quantitative estimate of drug-likeness (QED) is 0.923. The third-order valence-corrected chi connectivity index (χ3v) is 5.52. The molecule has 0 radical (unpaired) electrons. The van der Waals surface area contributed by atoms with Crippen molar-refractivity contribution in [2.24, 2.45) is 0 Å². The van der Waals surface area contributed by atoms with Crippen molar-refractivity contribution < 1.29 is 9.53 Å². The maximum absolute atomic E-state index is 12.1. The maximum Gasteiger partial charge on any atom is 0.224 e. The number of halogens is 1. The highest BCUT2D eigenvalue weighted by atomic mass is 35.5. The van der Waals surface area contributed by atoms with Crippen LogP contribution >= 0.6 is 22.9 Å². The molecular formula is C15H21ClN2O2S. The Hall–Kier alpha value is -0.620. The van der Waals surface area contributed by atoms with Gasteiger partial charge in [0.25, 0.3) is 0 Å². The molecule has 1 unspecified atom stereocenters. The van der Waals surface area contributed by atoms with Crippen LogP contribution in [0, 0.1) is 0 Å². The van der Waals surface area contributed by atoms with Gasteiger partial charge >= 0.3 is 0 Å². The lowest BCUT2D eigenvalue weighted by atomic mass is 9.94. The number of carbonyl (C=O) groups is 1. The molecule has 0 aromatic carbocycles. The van der Waals surface area contributed by atoms with E-state index in [9.17, 15) is 4.79 Å². The Kier molecular flexibility index (Phi) is 5.16. The Morgan fingerprint density at radius 1 is 1.48 bits per heavy atom. The van der Waals surface area contributed by atoms with Crippen LogP contribution in [-0.2, 0) is 16.0 Å². The van der Waals surface area contributed by atoms with Crippen LogP contribution in [0.5, 0.6) is 0 Å². The highest BCUT2D eigenvalue weighted by molar-refractivity contribution is 7.16. The lowest BCUT2D eigenvalue weighted by Gasteiger charge is -2.28. The van der Waals surface area contributed by atoms with Gasteiger partial charge in [-0.25, -0.2) is 0 Å². The third-order valence-electron chi connectivity index (χ3n) is 4.18. The Bertz CT molecular complexity index is 500. The molecule has 4 nitrogen and oxygen atoms in total. The molecule has 116 valence electrons. The summed E-state index contributed by atoms with van der Waals surface area (Å²) in [4.78, 5) is 15.4. The summed E-state index contributed by atoms with van der Waals surface area (Å²) in [6.45, 7) is 3.52. The molecule has 1 N–H and O–H groups in total. The molecule has 1 atom stereocenters. The summed E-state index contributed by atoms with van der Waals surface area (Å²) in [6, 6.07) is 2.44. The van der Waals surface area contributed by atoms with Gasteiger partial charge in [0.15, 0.2) is 0 Å². The average Bonchev–Trinajstić information content (AvgIpc) is 2.89. The fourth-order valence-electron chi connectivity index (χ4n) is 3.06. The van der Waals surface area contributed by atoms with E-state index in [2.05, 4.69) is 11.4 Å². The van der Waals surface area contributed by atoms with Crippen molar-refractivity contribution in [3.8, 4) is 0 Å². The van der Waals surface area contributed by atoms with E-state index in [-0.39, 0.29) is 5.91 Å². The number of carbonyl (C=O) groups excluding carboxylic acids is 1. The van der Waals surface area contributed by atoms with Crippen molar-refractivity contribution in [2.45, 2.75) is 31.7 Å². The van der Waals surface area contributed by atoms with Gasteiger partial charge < -0.3 is 15.0 Å². The fraction of sp³-hybridized carbons (Fsp3) is 0.667. The molecule has 2 heterocycles. The van der Waals surface area contributed by atoms with Crippen molar-refractivity contribution in [3.63, 3.8) is 0 Å². The molecule has 0 saturated carbocycles. The summed E-state index contributed by atoms with van der Waals surface area (Å²) in [5.74, 6) is 0.227. The van der Waals surface area contributed by atoms with Gasteiger partial charge in [0.05, 0.1) is 17.6 Å². The minimum atomic E-state index is 0.227. The zero-order valence-electron chi connectivity index (χ0n) is 12.1. The largest absolute Gasteiger partial charge is 0.378 e. The normalized spacial score (nSPS) is 22.1. The Balaban J connectivity index is 1.48. The minimum Gasteiger partial charge on any atom is -0.378 e. The number of morpholine rings is 1. The van der Waals surface area contributed by atoms with Gasteiger partial charge in [0.1, 0.15) is 0 Å². The summed E-state index contributed by atoms with van der Waals surface area (Å²) in [6.07, 6.45) is 4.02. The van der Waals surface area contributed by atoms with Crippen LogP contribution in [0.2, 0.25) is 4.34 Å². The summed E-state index contributed by atoms with van der Waals surface area (Å²) >= 11 is 7.81. The summed E-state index contributed by atoms with van der Waals surface area (Å²) in [5.41, 5.74) is 1.34. The monoisotopic (exact) mass is 328 g/mol. The number of nitrogens with one attached hydrogen (secondary N) is 1. The number of hydrogen-bond acceptors (Lipinski definition) is 4. The summed E-state index contributed by atoms with van der Waals surface area (Å²) in [7, 11) is 0. The average molecular weight is 329 g/mol. The van der Waals surface area contributed by atoms with Gasteiger partial charge in [0.2, 0.25) is 5.91 Å². The van der Waals surface area contributed by atoms with E-state index < -0.39 is 0 Å². The zero-order chi connectivity index (χ0) is 14.7. The molecule has 1 aromatic rings. The molecule has 2 aliphatic rings. The molecule has 21 heavy (non-hydrogen) atoms. The first-order chi connectivity index (χ1) is 10.2. The first kappa shape index (κ1) is 15.3. The number of nitrogens with zero attached hydrogens (tertiary/aromatic N) is 1. The van der Waals surface area contributed by atoms with E-state index in [4.69, 9.17) is 16.3 Å². The number of amides is 1.